The molecule has 0 heterocycles. The third-order valence-corrected chi connectivity index (χ3v) is 2.01. The maximum atomic E-state index is 12.0. The standard InChI is InChI=1S/C10H9F2NO6/c1-2-18-9(15)5-3-4-6(19-10(11)12)8(14)7(5)13(16)17/h3-4,10,14H,2H2,1H3. The van der Waals surface area contributed by atoms with Crippen molar-refractivity contribution in [3.05, 3.63) is 27.8 Å². The van der Waals surface area contributed by atoms with Crippen LogP contribution in [-0.2, 0) is 4.74 Å². The van der Waals surface area contributed by atoms with E-state index in [1.54, 1.807) is 0 Å². The van der Waals surface area contributed by atoms with E-state index in [2.05, 4.69) is 9.47 Å². The van der Waals surface area contributed by atoms with E-state index in [1.807, 2.05) is 0 Å². The summed E-state index contributed by atoms with van der Waals surface area (Å²) in [5.41, 5.74) is -1.59. The summed E-state index contributed by atoms with van der Waals surface area (Å²) in [5.74, 6) is -3.00. The molecule has 0 unspecified atom stereocenters. The third-order valence-electron chi connectivity index (χ3n) is 2.01. The van der Waals surface area contributed by atoms with Crippen molar-refractivity contribution in [2.45, 2.75) is 13.5 Å². The molecule has 0 aliphatic rings. The van der Waals surface area contributed by atoms with Crippen LogP contribution in [0.5, 0.6) is 11.5 Å². The van der Waals surface area contributed by atoms with Gasteiger partial charge in [-0.1, -0.05) is 0 Å². The molecule has 0 aliphatic carbocycles. The van der Waals surface area contributed by atoms with E-state index >= 15 is 0 Å². The minimum absolute atomic E-state index is 0.0357. The molecule has 0 radical (unpaired) electrons. The number of alkyl halides is 2. The summed E-state index contributed by atoms with van der Waals surface area (Å²) in [6.45, 7) is -1.82. The number of carbonyl (C=O) groups is 1. The number of esters is 1. The molecule has 9 heteroatoms. The van der Waals surface area contributed by atoms with Crippen LogP contribution in [0.25, 0.3) is 0 Å². The predicted molar refractivity (Wildman–Crippen MR) is 57.3 cm³/mol. The lowest BCUT2D eigenvalue weighted by Gasteiger charge is -2.09. The molecule has 0 aromatic heterocycles. The largest absolute Gasteiger partial charge is 0.499 e. The predicted octanol–water partition coefficient (Wildman–Crippen LogP) is 2.08. The topological polar surface area (TPSA) is 98.9 Å². The van der Waals surface area contributed by atoms with Crippen molar-refractivity contribution in [3.63, 3.8) is 0 Å². The van der Waals surface area contributed by atoms with Crippen LogP contribution in [0.3, 0.4) is 0 Å². The Bertz CT molecular complexity index is 505. The van der Waals surface area contributed by atoms with Gasteiger partial charge in [0.25, 0.3) is 0 Å². The molecule has 0 saturated carbocycles. The quantitative estimate of drug-likeness (QED) is 0.502. The summed E-state index contributed by atoms with van der Waals surface area (Å²) in [6.07, 6.45) is 0. The number of hydrogen-bond acceptors (Lipinski definition) is 6. The highest BCUT2D eigenvalue weighted by atomic mass is 19.3. The van der Waals surface area contributed by atoms with Crippen LogP contribution in [0.15, 0.2) is 12.1 Å². The zero-order valence-electron chi connectivity index (χ0n) is 9.63. The van der Waals surface area contributed by atoms with Gasteiger partial charge in [0.15, 0.2) is 5.75 Å². The summed E-state index contributed by atoms with van der Waals surface area (Å²) in [4.78, 5) is 21.1. The Balaban J connectivity index is 3.31. The molecule has 0 bridgehead atoms. The number of benzene rings is 1. The van der Waals surface area contributed by atoms with E-state index in [0.717, 1.165) is 12.1 Å². The Morgan fingerprint density at radius 2 is 2.16 bits per heavy atom. The third kappa shape index (κ3) is 3.27. The lowest BCUT2D eigenvalue weighted by Crippen LogP contribution is -2.09. The number of ether oxygens (including phenoxy) is 2. The van der Waals surface area contributed by atoms with Crippen LogP contribution in [-0.4, -0.2) is 29.2 Å². The molecule has 0 fully saturated rings. The molecule has 0 saturated heterocycles. The molecular formula is C10H9F2NO6. The number of rotatable bonds is 5. The van der Waals surface area contributed by atoms with E-state index in [1.165, 1.54) is 6.92 Å². The average molecular weight is 277 g/mol. The monoisotopic (exact) mass is 277 g/mol. The molecule has 19 heavy (non-hydrogen) atoms. The second-order valence-electron chi connectivity index (χ2n) is 3.16. The number of hydrogen-bond donors (Lipinski definition) is 1. The van der Waals surface area contributed by atoms with Gasteiger partial charge < -0.3 is 14.6 Å². The second kappa shape index (κ2) is 5.94. The van der Waals surface area contributed by atoms with Crippen molar-refractivity contribution in [2.24, 2.45) is 0 Å². The van der Waals surface area contributed by atoms with Gasteiger partial charge in [0.05, 0.1) is 11.5 Å². The first-order valence-corrected chi connectivity index (χ1v) is 5.00. The van der Waals surface area contributed by atoms with Crippen molar-refractivity contribution in [1.29, 1.82) is 0 Å². The Hall–Kier alpha value is -2.45. The van der Waals surface area contributed by atoms with Gasteiger partial charge in [-0.05, 0) is 19.1 Å². The van der Waals surface area contributed by atoms with Gasteiger partial charge in [-0.2, -0.15) is 8.78 Å². The molecule has 0 spiro atoms. The van der Waals surface area contributed by atoms with Crippen LogP contribution >= 0.6 is 0 Å². The highest BCUT2D eigenvalue weighted by molar-refractivity contribution is 5.95. The number of phenolic OH excluding ortho intramolecular Hbond substituents is 1. The lowest BCUT2D eigenvalue weighted by atomic mass is 10.1. The van der Waals surface area contributed by atoms with E-state index in [4.69, 9.17) is 0 Å². The highest BCUT2D eigenvalue weighted by Crippen LogP contribution is 2.39. The van der Waals surface area contributed by atoms with E-state index in [9.17, 15) is 28.8 Å². The van der Waals surface area contributed by atoms with Crippen LogP contribution in [0.4, 0.5) is 14.5 Å². The molecule has 1 rings (SSSR count). The number of halogens is 2. The minimum atomic E-state index is -3.26. The summed E-state index contributed by atoms with van der Waals surface area (Å²) in [6, 6.07) is 1.69. The van der Waals surface area contributed by atoms with Gasteiger partial charge >= 0.3 is 18.3 Å². The van der Waals surface area contributed by atoms with Crippen molar-refractivity contribution in [2.75, 3.05) is 6.61 Å². The summed E-state index contributed by atoms with van der Waals surface area (Å²) in [7, 11) is 0. The number of nitro groups is 1. The van der Waals surface area contributed by atoms with Gasteiger partial charge in [-0.15, -0.1) is 0 Å². The molecule has 0 aliphatic heterocycles. The van der Waals surface area contributed by atoms with Gasteiger partial charge in [-0.25, -0.2) is 4.79 Å². The molecule has 1 aromatic carbocycles. The maximum absolute atomic E-state index is 12.0. The summed E-state index contributed by atoms with van der Waals surface area (Å²) in [5, 5.41) is 20.3. The summed E-state index contributed by atoms with van der Waals surface area (Å²) < 4.78 is 32.5. The van der Waals surface area contributed by atoms with Gasteiger partial charge in [0, 0.05) is 0 Å². The normalized spacial score (nSPS) is 10.3. The van der Waals surface area contributed by atoms with Gasteiger partial charge in [0.2, 0.25) is 5.75 Å². The van der Waals surface area contributed by atoms with E-state index in [-0.39, 0.29) is 6.61 Å². The minimum Gasteiger partial charge on any atom is -0.499 e. The van der Waals surface area contributed by atoms with Crippen LogP contribution in [0.1, 0.15) is 17.3 Å². The molecule has 0 amide bonds. The maximum Gasteiger partial charge on any atom is 0.387 e. The Morgan fingerprint density at radius 1 is 1.53 bits per heavy atom. The van der Waals surface area contributed by atoms with Crippen molar-refractivity contribution in [1.82, 2.24) is 0 Å². The first kappa shape index (κ1) is 14.6. The zero-order valence-corrected chi connectivity index (χ0v) is 9.63. The van der Waals surface area contributed by atoms with E-state index < -0.39 is 40.3 Å². The first-order valence-electron chi connectivity index (χ1n) is 5.00. The number of carbonyl (C=O) groups excluding carboxylic acids is 1. The number of phenols is 1. The molecular weight excluding hydrogens is 268 g/mol. The lowest BCUT2D eigenvalue weighted by molar-refractivity contribution is -0.386. The molecule has 1 aromatic rings. The van der Waals surface area contributed by atoms with Crippen LogP contribution in [0, 0.1) is 10.1 Å². The molecule has 0 atom stereocenters. The fourth-order valence-electron chi connectivity index (χ4n) is 1.31. The molecule has 104 valence electrons. The SMILES string of the molecule is CCOC(=O)c1ccc(OC(F)F)c(O)c1[N+](=O)[O-]. The fraction of sp³-hybridized carbons (Fsp3) is 0.300. The first-order chi connectivity index (χ1) is 8.88. The Morgan fingerprint density at radius 3 is 2.63 bits per heavy atom. The number of nitrogens with zero attached hydrogens (tertiary/aromatic N) is 1. The highest BCUT2D eigenvalue weighted by Gasteiger charge is 2.29. The van der Waals surface area contributed by atoms with E-state index in [0.29, 0.717) is 0 Å². The van der Waals surface area contributed by atoms with Gasteiger partial charge in [0.1, 0.15) is 5.56 Å². The Labute approximate surface area is 105 Å². The van der Waals surface area contributed by atoms with Crippen molar-refractivity contribution in [3.8, 4) is 11.5 Å². The number of aromatic hydroxyl groups is 1. The number of nitro benzene ring substituents is 1. The Kier molecular flexibility index (Phi) is 4.56. The smallest absolute Gasteiger partial charge is 0.387 e. The van der Waals surface area contributed by atoms with Crippen LogP contribution in [0.2, 0.25) is 0 Å². The van der Waals surface area contributed by atoms with Gasteiger partial charge in [-0.3, -0.25) is 10.1 Å². The summed E-state index contributed by atoms with van der Waals surface area (Å²) >= 11 is 0. The molecule has 7 nitrogen and oxygen atoms in total. The second-order valence-corrected chi connectivity index (χ2v) is 3.16. The van der Waals surface area contributed by atoms with Crippen molar-refractivity contribution < 1.29 is 33.1 Å². The molecule has 1 N–H and O–H groups in total. The average Bonchev–Trinajstić information content (AvgIpc) is 2.30. The zero-order chi connectivity index (χ0) is 14.6. The fourth-order valence-corrected chi connectivity index (χ4v) is 1.31. The van der Waals surface area contributed by atoms with Crippen molar-refractivity contribution >= 4 is 11.7 Å². The van der Waals surface area contributed by atoms with Crippen LogP contribution < -0.4 is 4.74 Å².